The number of amides is 1. The number of fused-ring (bicyclic) bond motifs is 1. The molecule has 0 saturated carbocycles. The fourth-order valence-electron chi connectivity index (χ4n) is 4.39. The molecule has 1 aliphatic rings. The van der Waals surface area contributed by atoms with Crippen LogP contribution in [0.4, 0.5) is 0 Å². The highest BCUT2D eigenvalue weighted by atomic mass is 32.2. The number of ether oxygens (including phenoxy) is 1. The van der Waals surface area contributed by atoms with Crippen LogP contribution in [-0.2, 0) is 23.0 Å². The van der Waals surface area contributed by atoms with Crippen LogP contribution in [0.1, 0.15) is 39.5 Å². The van der Waals surface area contributed by atoms with Crippen LogP contribution in [-0.4, -0.2) is 44.7 Å². The van der Waals surface area contributed by atoms with Crippen LogP contribution < -0.4 is 4.74 Å². The van der Waals surface area contributed by atoms with Gasteiger partial charge in [0.05, 0.1) is 13.2 Å². The molecule has 1 amide bonds. The Hall–Kier alpha value is -3.16. The van der Waals surface area contributed by atoms with Crippen LogP contribution in [0.3, 0.4) is 0 Å². The minimum absolute atomic E-state index is 0.0190. The van der Waals surface area contributed by atoms with Crippen molar-refractivity contribution < 1.29 is 17.9 Å². The minimum atomic E-state index is -3.89. The van der Waals surface area contributed by atoms with E-state index in [1.165, 1.54) is 30.1 Å². The molecule has 172 valence electrons. The Labute approximate surface area is 195 Å². The lowest BCUT2D eigenvalue weighted by Gasteiger charge is -2.26. The van der Waals surface area contributed by atoms with Crippen LogP contribution >= 0.6 is 0 Å². The Morgan fingerprint density at radius 1 is 1.00 bits per heavy atom. The molecule has 0 N–H and O–H groups in total. The van der Waals surface area contributed by atoms with Gasteiger partial charge in [0.2, 0.25) is 10.0 Å². The summed E-state index contributed by atoms with van der Waals surface area (Å²) in [5.41, 5.74) is 3.59. The van der Waals surface area contributed by atoms with E-state index < -0.39 is 10.0 Å². The van der Waals surface area contributed by atoms with Crippen molar-refractivity contribution in [3.8, 4) is 5.75 Å². The standard InChI is InChI=1S/C26H28N2O4S/c1-27(18-19-9-5-4-6-10-19)33(30,31)25-17-21(14-16-24(25)32-3)26(29)28(2)23-15-13-20-11-7-8-12-22(20)23/h4-12,14,16-17,23H,13,15,18H2,1-3H3. The molecular weight excluding hydrogens is 436 g/mol. The van der Waals surface area contributed by atoms with Gasteiger partial charge in [-0.2, -0.15) is 4.31 Å². The number of carbonyl (C=O) groups excluding carboxylic acids is 1. The predicted molar refractivity (Wildman–Crippen MR) is 128 cm³/mol. The smallest absolute Gasteiger partial charge is 0.254 e. The molecule has 1 aliphatic carbocycles. The summed E-state index contributed by atoms with van der Waals surface area (Å²) in [7, 11) is 0.832. The fourth-order valence-corrected chi connectivity index (χ4v) is 5.72. The number of hydrogen-bond acceptors (Lipinski definition) is 4. The number of rotatable bonds is 7. The summed E-state index contributed by atoms with van der Waals surface area (Å²) in [6.07, 6.45) is 1.77. The Kier molecular flexibility index (Phi) is 6.54. The van der Waals surface area contributed by atoms with Gasteiger partial charge in [-0.25, -0.2) is 8.42 Å². The second-order valence-electron chi connectivity index (χ2n) is 8.28. The van der Waals surface area contributed by atoms with Crippen molar-refractivity contribution in [2.45, 2.75) is 30.3 Å². The fraction of sp³-hybridized carbons (Fsp3) is 0.269. The van der Waals surface area contributed by atoms with Gasteiger partial charge in [0, 0.05) is 26.2 Å². The summed E-state index contributed by atoms with van der Waals surface area (Å²) in [6, 6.07) is 22.1. The average Bonchev–Trinajstić information content (AvgIpc) is 3.27. The second-order valence-corrected chi connectivity index (χ2v) is 10.3. The molecule has 0 saturated heterocycles. The van der Waals surface area contributed by atoms with Crippen molar-refractivity contribution in [1.82, 2.24) is 9.21 Å². The molecule has 0 aliphatic heterocycles. The highest BCUT2D eigenvalue weighted by Gasteiger charge is 2.31. The number of carbonyl (C=O) groups is 1. The van der Waals surface area contributed by atoms with Gasteiger partial charge in [-0.05, 0) is 47.7 Å². The van der Waals surface area contributed by atoms with E-state index in [1.54, 1.807) is 24.1 Å². The summed E-state index contributed by atoms with van der Waals surface area (Å²) in [6.45, 7) is 0.212. The van der Waals surface area contributed by atoms with Crippen LogP contribution in [0.15, 0.2) is 77.7 Å². The maximum atomic E-state index is 13.4. The van der Waals surface area contributed by atoms with Crippen molar-refractivity contribution >= 4 is 15.9 Å². The van der Waals surface area contributed by atoms with E-state index in [4.69, 9.17) is 4.74 Å². The first-order valence-corrected chi connectivity index (χ1v) is 12.3. The Bertz CT molecular complexity index is 1260. The highest BCUT2D eigenvalue weighted by Crippen LogP contribution is 2.36. The molecule has 33 heavy (non-hydrogen) atoms. The number of hydrogen-bond donors (Lipinski definition) is 0. The molecule has 1 atom stereocenters. The first-order valence-electron chi connectivity index (χ1n) is 10.9. The minimum Gasteiger partial charge on any atom is -0.495 e. The molecule has 0 heterocycles. The summed E-state index contributed by atoms with van der Waals surface area (Å²) in [5, 5.41) is 0. The number of benzene rings is 3. The van der Waals surface area contributed by atoms with Gasteiger partial charge in [0.15, 0.2) is 0 Å². The first-order chi connectivity index (χ1) is 15.8. The SMILES string of the molecule is COc1ccc(C(=O)N(C)C2CCc3ccccc32)cc1S(=O)(=O)N(C)Cc1ccccc1. The number of methoxy groups -OCH3 is 1. The summed E-state index contributed by atoms with van der Waals surface area (Å²) >= 11 is 0. The van der Waals surface area contributed by atoms with Crippen LogP contribution in [0, 0.1) is 0 Å². The summed E-state index contributed by atoms with van der Waals surface area (Å²) in [4.78, 5) is 15.0. The molecule has 6 nitrogen and oxygen atoms in total. The van der Waals surface area contributed by atoms with Crippen molar-refractivity contribution in [1.29, 1.82) is 0 Å². The predicted octanol–water partition coefficient (Wildman–Crippen LogP) is 4.28. The molecule has 3 aromatic rings. The second kappa shape index (κ2) is 9.37. The average molecular weight is 465 g/mol. The largest absolute Gasteiger partial charge is 0.495 e. The zero-order valence-electron chi connectivity index (χ0n) is 19.1. The van der Waals surface area contributed by atoms with Crippen molar-refractivity contribution in [2.75, 3.05) is 21.2 Å². The van der Waals surface area contributed by atoms with Gasteiger partial charge in [0.1, 0.15) is 10.6 Å². The van der Waals surface area contributed by atoms with Crippen molar-refractivity contribution in [3.63, 3.8) is 0 Å². The monoisotopic (exact) mass is 464 g/mol. The molecule has 3 aromatic carbocycles. The molecular formula is C26H28N2O4S. The lowest BCUT2D eigenvalue weighted by molar-refractivity contribution is 0.0730. The molecule has 0 bridgehead atoms. The summed E-state index contributed by atoms with van der Waals surface area (Å²) in [5.74, 6) is -0.0122. The van der Waals surface area contributed by atoms with Gasteiger partial charge >= 0.3 is 0 Å². The Morgan fingerprint density at radius 2 is 1.70 bits per heavy atom. The molecule has 7 heteroatoms. The van der Waals surface area contributed by atoms with Crippen LogP contribution in [0.25, 0.3) is 0 Å². The molecule has 4 rings (SSSR count). The number of sulfonamides is 1. The van der Waals surface area contributed by atoms with E-state index in [0.717, 1.165) is 24.0 Å². The van der Waals surface area contributed by atoms with E-state index in [1.807, 2.05) is 42.5 Å². The Balaban J connectivity index is 1.63. The van der Waals surface area contributed by atoms with E-state index >= 15 is 0 Å². The first kappa shape index (κ1) is 23.0. The molecule has 0 aromatic heterocycles. The quantitative estimate of drug-likeness (QED) is 0.524. The van der Waals surface area contributed by atoms with Gasteiger partial charge in [-0.3, -0.25) is 4.79 Å². The lowest BCUT2D eigenvalue weighted by Crippen LogP contribution is -2.31. The third kappa shape index (κ3) is 4.51. The normalized spacial score (nSPS) is 15.3. The van der Waals surface area contributed by atoms with E-state index in [2.05, 4.69) is 12.1 Å². The zero-order valence-corrected chi connectivity index (χ0v) is 19.9. The maximum Gasteiger partial charge on any atom is 0.254 e. The molecule has 0 spiro atoms. The van der Waals surface area contributed by atoms with Crippen LogP contribution in [0.2, 0.25) is 0 Å². The Morgan fingerprint density at radius 3 is 2.42 bits per heavy atom. The molecule has 1 unspecified atom stereocenters. The van der Waals surface area contributed by atoms with E-state index in [0.29, 0.717) is 5.56 Å². The third-order valence-electron chi connectivity index (χ3n) is 6.24. The maximum absolute atomic E-state index is 13.4. The van der Waals surface area contributed by atoms with Gasteiger partial charge in [-0.1, -0.05) is 54.6 Å². The van der Waals surface area contributed by atoms with Crippen molar-refractivity contribution in [3.05, 3.63) is 95.1 Å². The van der Waals surface area contributed by atoms with E-state index in [9.17, 15) is 13.2 Å². The number of aryl methyl sites for hydroxylation is 1. The van der Waals surface area contributed by atoms with Crippen molar-refractivity contribution in [2.24, 2.45) is 0 Å². The third-order valence-corrected chi connectivity index (χ3v) is 8.06. The van der Waals surface area contributed by atoms with Gasteiger partial charge in [0.25, 0.3) is 5.91 Å². The number of nitrogens with zero attached hydrogens (tertiary/aromatic N) is 2. The molecule has 0 radical (unpaired) electrons. The topological polar surface area (TPSA) is 66.9 Å². The van der Waals surface area contributed by atoms with E-state index in [-0.39, 0.29) is 29.1 Å². The summed E-state index contributed by atoms with van der Waals surface area (Å²) < 4.78 is 33.4. The van der Waals surface area contributed by atoms with Gasteiger partial charge in [-0.15, -0.1) is 0 Å². The van der Waals surface area contributed by atoms with Gasteiger partial charge < -0.3 is 9.64 Å². The zero-order chi connectivity index (χ0) is 23.6. The lowest BCUT2D eigenvalue weighted by atomic mass is 10.1. The van der Waals surface area contributed by atoms with Crippen LogP contribution in [0.5, 0.6) is 5.75 Å². The highest BCUT2D eigenvalue weighted by molar-refractivity contribution is 7.89. The molecule has 0 fully saturated rings.